The van der Waals surface area contributed by atoms with Gasteiger partial charge in [0.2, 0.25) is 0 Å². The molecule has 1 N–H and O–H groups in total. The fraction of sp³-hybridized carbons (Fsp3) is 0.562. The van der Waals surface area contributed by atoms with Crippen molar-refractivity contribution in [1.82, 2.24) is 25.5 Å². The predicted octanol–water partition coefficient (Wildman–Crippen LogP) is 2.00. The minimum Gasteiger partial charge on any atom is -0.312 e. The van der Waals surface area contributed by atoms with E-state index in [4.69, 9.17) is 0 Å². The molecule has 0 saturated carbocycles. The lowest BCUT2D eigenvalue weighted by molar-refractivity contribution is 0.364. The van der Waals surface area contributed by atoms with Crippen LogP contribution >= 0.6 is 0 Å². The van der Waals surface area contributed by atoms with Gasteiger partial charge in [-0.1, -0.05) is 30.3 Å². The summed E-state index contributed by atoms with van der Waals surface area (Å²) in [5.41, 5.74) is 1.46. The average Bonchev–Trinajstić information content (AvgIpc) is 2.82. The highest BCUT2D eigenvalue weighted by Crippen LogP contribution is 2.13. The number of nitrogens with one attached hydrogen (secondary N) is 1. The number of tetrazole rings is 1. The van der Waals surface area contributed by atoms with E-state index in [1.165, 1.54) is 10.4 Å². The van der Waals surface area contributed by atoms with Crippen molar-refractivity contribution >= 4 is 0 Å². The molecule has 0 saturated heterocycles. The standard InChI is InChI=1S/C16H25N5/c1-16(2,3)17-12-14(10-13-8-6-5-7-9-13)11-15-18-20-21(4)19-15/h5-9,14,17H,10-12H2,1-4H3. The van der Waals surface area contributed by atoms with Crippen molar-refractivity contribution in [2.75, 3.05) is 6.54 Å². The Kier molecular flexibility index (Phi) is 5.07. The number of nitrogens with zero attached hydrogens (tertiary/aromatic N) is 4. The first-order valence-electron chi connectivity index (χ1n) is 7.44. The van der Waals surface area contributed by atoms with Gasteiger partial charge in [0.25, 0.3) is 0 Å². The molecule has 21 heavy (non-hydrogen) atoms. The molecule has 0 radical (unpaired) electrons. The first kappa shape index (κ1) is 15.6. The second kappa shape index (κ2) is 6.80. The number of aromatic nitrogens is 4. The first-order chi connectivity index (χ1) is 9.92. The Labute approximate surface area is 126 Å². The van der Waals surface area contributed by atoms with E-state index in [0.29, 0.717) is 5.92 Å². The number of hydrogen-bond acceptors (Lipinski definition) is 4. The summed E-state index contributed by atoms with van der Waals surface area (Å²) < 4.78 is 0. The van der Waals surface area contributed by atoms with Crippen molar-refractivity contribution in [3.05, 3.63) is 41.7 Å². The lowest BCUT2D eigenvalue weighted by atomic mass is 9.94. The summed E-state index contributed by atoms with van der Waals surface area (Å²) in [6.45, 7) is 7.50. The van der Waals surface area contributed by atoms with Crippen LogP contribution in [0.2, 0.25) is 0 Å². The average molecular weight is 287 g/mol. The topological polar surface area (TPSA) is 55.6 Å². The Morgan fingerprint density at radius 1 is 1.14 bits per heavy atom. The van der Waals surface area contributed by atoms with Crippen LogP contribution in [0.3, 0.4) is 0 Å². The van der Waals surface area contributed by atoms with Crippen LogP contribution in [-0.2, 0) is 19.9 Å². The van der Waals surface area contributed by atoms with Crippen molar-refractivity contribution in [2.24, 2.45) is 13.0 Å². The van der Waals surface area contributed by atoms with Gasteiger partial charge in [-0.25, -0.2) is 0 Å². The Morgan fingerprint density at radius 2 is 1.86 bits per heavy atom. The van der Waals surface area contributed by atoms with Crippen LogP contribution in [0.1, 0.15) is 32.2 Å². The maximum Gasteiger partial charge on any atom is 0.175 e. The highest BCUT2D eigenvalue weighted by molar-refractivity contribution is 5.15. The summed E-state index contributed by atoms with van der Waals surface area (Å²) in [5.74, 6) is 1.27. The maximum atomic E-state index is 4.30. The molecule has 0 fully saturated rings. The molecule has 5 nitrogen and oxygen atoms in total. The van der Waals surface area contributed by atoms with E-state index >= 15 is 0 Å². The van der Waals surface area contributed by atoms with Gasteiger partial charge in [-0.15, -0.1) is 10.2 Å². The van der Waals surface area contributed by atoms with E-state index in [2.05, 4.69) is 71.8 Å². The first-order valence-corrected chi connectivity index (χ1v) is 7.44. The van der Waals surface area contributed by atoms with Crippen LogP contribution in [0.25, 0.3) is 0 Å². The third kappa shape index (κ3) is 5.63. The Bertz CT molecular complexity index is 541. The molecule has 0 aliphatic rings. The largest absolute Gasteiger partial charge is 0.312 e. The third-order valence-electron chi connectivity index (χ3n) is 3.31. The van der Waals surface area contributed by atoms with Crippen LogP contribution in [0.15, 0.2) is 30.3 Å². The van der Waals surface area contributed by atoms with Crippen molar-refractivity contribution in [1.29, 1.82) is 0 Å². The summed E-state index contributed by atoms with van der Waals surface area (Å²) in [7, 11) is 1.80. The number of rotatable bonds is 6. The van der Waals surface area contributed by atoms with Crippen molar-refractivity contribution in [2.45, 2.75) is 39.2 Å². The quantitative estimate of drug-likeness (QED) is 0.883. The van der Waals surface area contributed by atoms with Gasteiger partial charge in [0.05, 0.1) is 7.05 Å². The molecule has 0 spiro atoms. The van der Waals surface area contributed by atoms with Crippen molar-refractivity contribution < 1.29 is 0 Å². The van der Waals surface area contributed by atoms with Crippen LogP contribution in [0, 0.1) is 5.92 Å². The van der Waals surface area contributed by atoms with Gasteiger partial charge < -0.3 is 5.32 Å². The Morgan fingerprint density at radius 3 is 2.43 bits per heavy atom. The Balaban J connectivity index is 2.02. The van der Waals surface area contributed by atoms with Gasteiger partial charge >= 0.3 is 0 Å². The predicted molar refractivity (Wildman–Crippen MR) is 83.9 cm³/mol. The zero-order valence-corrected chi connectivity index (χ0v) is 13.4. The zero-order chi connectivity index (χ0) is 15.3. The summed E-state index contributed by atoms with van der Waals surface area (Å²) in [5, 5.41) is 15.9. The maximum absolute atomic E-state index is 4.30. The molecule has 0 aliphatic heterocycles. The molecular weight excluding hydrogens is 262 g/mol. The molecular formula is C16H25N5. The van der Waals surface area contributed by atoms with Crippen molar-refractivity contribution in [3.8, 4) is 0 Å². The van der Waals surface area contributed by atoms with Gasteiger partial charge in [0, 0.05) is 12.0 Å². The molecule has 1 heterocycles. The second-order valence-electron chi connectivity index (χ2n) is 6.59. The van der Waals surface area contributed by atoms with Gasteiger partial charge in [0.1, 0.15) is 0 Å². The summed E-state index contributed by atoms with van der Waals surface area (Å²) in [4.78, 5) is 1.52. The fourth-order valence-electron chi connectivity index (χ4n) is 2.28. The lowest BCUT2D eigenvalue weighted by Crippen LogP contribution is -2.40. The molecule has 0 bridgehead atoms. The summed E-state index contributed by atoms with van der Waals surface area (Å²) in [6.07, 6.45) is 1.86. The van der Waals surface area contributed by atoms with E-state index < -0.39 is 0 Å². The van der Waals surface area contributed by atoms with E-state index in [-0.39, 0.29) is 5.54 Å². The molecule has 1 aromatic carbocycles. The molecule has 1 unspecified atom stereocenters. The van der Waals surface area contributed by atoms with Crippen LogP contribution in [0.4, 0.5) is 0 Å². The molecule has 5 heteroatoms. The van der Waals surface area contributed by atoms with Crippen LogP contribution in [-0.4, -0.2) is 32.3 Å². The zero-order valence-electron chi connectivity index (χ0n) is 13.4. The van der Waals surface area contributed by atoms with E-state index in [1.54, 1.807) is 7.05 Å². The highest BCUT2D eigenvalue weighted by atomic mass is 15.6. The van der Waals surface area contributed by atoms with Gasteiger partial charge in [-0.2, -0.15) is 4.80 Å². The second-order valence-corrected chi connectivity index (χ2v) is 6.59. The monoisotopic (exact) mass is 287 g/mol. The van der Waals surface area contributed by atoms with Crippen molar-refractivity contribution in [3.63, 3.8) is 0 Å². The lowest BCUT2D eigenvalue weighted by Gasteiger charge is -2.25. The number of hydrogen-bond donors (Lipinski definition) is 1. The molecule has 1 aromatic heterocycles. The van der Waals surface area contributed by atoms with E-state index in [1.807, 2.05) is 0 Å². The minimum atomic E-state index is 0.116. The summed E-state index contributed by atoms with van der Waals surface area (Å²) >= 11 is 0. The van der Waals surface area contributed by atoms with Crippen LogP contribution in [0.5, 0.6) is 0 Å². The third-order valence-corrected chi connectivity index (χ3v) is 3.31. The van der Waals surface area contributed by atoms with E-state index in [0.717, 1.165) is 25.2 Å². The van der Waals surface area contributed by atoms with Gasteiger partial charge in [0.15, 0.2) is 5.82 Å². The van der Waals surface area contributed by atoms with Crippen LogP contribution < -0.4 is 5.32 Å². The molecule has 0 amide bonds. The van der Waals surface area contributed by atoms with Gasteiger partial charge in [-0.3, -0.25) is 0 Å². The number of benzene rings is 1. The molecule has 2 aromatic rings. The van der Waals surface area contributed by atoms with E-state index in [9.17, 15) is 0 Å². The summed E-state index contributed by atoms with van der Waals surface area (Å²) in [6, 6.07) is 10.6. The highest BCUT2D eigenvalue weighted by Gasteiger charge is 2.17. The molecule has 0 aliphatic carbocycles. The normalized spacial score (nSPS) is 13.3. The Hall–Kier alpha value is -1.75. The molecule has 2 rings (SSSR count). The SMILES string of the molecule is Cn1nnc(CC(CNC(C)(C)C)Cc2ccccc2)n1. The smallest absolute Gasteiger partial charge is 0.175 e. The minimum absolute atomic E-state index is 0.116. The number of aryl methyl sites for hydroxylation is 1. The fourth-order valence-corrected chi connectivity index (χ4v) is 2.28. The molecule has 114 valence electrons. The van der Waals surface area contributed by atoms with Gasteiger partial charge in [-0.05, 0) is 50.4 Å². The molecule has 1 atom stereocenters.